The number of methoxy groups -OCH3 is 1. The van der Waals surface area contributed by atoms with Crippen LogP contribution in [0.1, 0.15) is 23.1 Å². The van der Waals surface area contributed by atoms with Crippen molar-refractivity contribution in [1.82, 2.24) is 5.32 Å². The molecule has 1 N–H and O–H groups in total. The minimum absolute atomic E-state index is 0.195. The van der Waals surface area contributed by atoms with Crippen LogP contribution in [0, 0.1) is 6.92 Å². The van der Waals surface area contributed by atoms with Crippen molar-refractivity contribution in [3.63, 3.8) is 0 Å². The van der Waals surface area contributed by atoms with Crippen LogP contribution in [0.2, 0.25) is 0 Å². The van der Waals surface area contributed by atoms with E-state index in [2.05, 4.69) is 23.5 Å². The first-order valence-corrected chi connectivity index (χ1v) is 5.51. The van der Waals surface area contributed by atoms with Crippen molar-refractivity contribution in [3.8, 4) is 0 Å². The Kier molecular flexibility index (Phi) is 2.72. The maximum atomic E-state index is 12.0. The van der Waals surface area contributed by atoms with Gasteiger partial charge in [0.25, 0.3) is 0 Å². The summed E-state index contributed by atoms with van der Waals surface area (Å²) in [6.45, 7) is 2.04. The summed E-state index contributed by atoms with van der Waals surface area (Å²) in [7, 11) is 3.25. The molecule has 0 aliphatic heterocycles. The summed E-state index contributed by atoms with van der Waals surface area (Å²) < 4.78 is 4.92. The van der Waals surface area contributed by atoms with Crippen molar-refractivity contribution >= 4 is 5.97 Å². The number of hydrogen-bond donors (Lipinski definition) is 1. The summed E-state index contributed by atoms with van der Waals surface area (Å²) in [6, 6.07) is 6.27. The second kappa shape index (κ2) is 3.91. The number of likely N-dealkylation sites (N-methyl/N-ethyl adjacent to an activating group) is 1. The molecule has 0 bridgehead atoms. The lowest BCUT2D eigenvalue weighted by Gasteiger charge is -2.27. The number of hydrogen-bond acceptors (Lipinski definition) is 3. The van der Waals surface area contributed by atoms with Crippen LogP contribution in [0.15, 0.2) is 18.2 Å². The molecule has 1 unspecified atom stereocenters. The fourth-order valence-electron chi connectivity index (χ4n) is 2.51. The number of esters is 1. The summed E-state index contributed by atoms with van der Waals surface area (Å²) in [5.41, 5.74) is 2.84. The van der Waals surface area contributed by atoms with Gasteiger partial charge in [-0.2, -0.15) is 0 Å². The highest BCUT2D eigenvalue weighted by molar-refractivity contribution is 5.84. The Morgan fingerprint density at radius 1 is 1.50 bits per heavy atom. The van der Waals surface area contributed by atoms with Crippen LogP contribution < -0.4 is 5.32 Å². The van der Waals surface area contributed by atoms with Gasteiger partial charge in [-0.25, -0.2) is 4.79 Å². The van der Waals surface area contributed by atoms with Crippen molar-refractivity contribution in [2.75, 3.05) is 14.2 Å². The number of benzene rings is 1. The first-order chi connectivity index (χ1) is 7.64. The number of nitrogens with one attached hydrogen (secondary N) is 1. The molecule has 1 aromatic rings. The van der Waals surface area contributed by atoms with Gasteiger partial charge in [0.2, 0.25) is 0 Å². The van der Waals surface area contributed by atoms with Gasteiger partial charge < -0.3 is 10.1 Å². The van der Waals surface area contributed by atoms with Crippen LogP contribution in [0.5, 0.6) is 0 Å². The molecule has 1 aromatic carbocycles. The molecule has 1 atom stereocenters. The molecule has 3 heteroatoms. The minimum Gasteiger partial charge on any atom is -0.467 e. The molecule has 0 heterocycles. The van der Waals surface area contributed by atoms with Crippen LogP contribution in [0.3, 0.4) is 0 Å². The Morgan fingerprint density at radius 3 is 2.88 bits per heavy atom. The summed E-state index contributed by atoms with van der Waals surface area (Å²) in [5, 5.41) is 3.14. The fourth-order valence-corrected chi connectivity index (χ4v) is 2.51. The third kappa shape index (κ3) is 1.43. The maximum Gasteiger partial charge on any atom is 0.330 e. The van der Waals surface area contributed by atoms with E-state index in [1.165, 1.54) is 18.2 Å². The largest absolute Gasteiger partial charge is 0.467 e. The first kappa shape index (κ1) is 11.1. The van der Waals surface area contributed by atoms with Crippen molar-refractivity contribution < 1.29 is 9.53 Å². The molecule has 3 nitrogen and oxygen atoms in total. The van der Waals surface area contributed by atoms with Crippen molar-refractivity contribution in [2.45, 2.75) is 25.3 Å². The Bertz CT molecular complexity index is 428. The number of fused-ring (bicyclic) bond motifs is 1. The molecule has 0 saturated heterocycles. The van der Waals surface area contributed by atoms with Crippen LogP contribution in [0.25, 0.3) is 0 Å². The van der Waals surface area contributed by atoms with Crippen LogP contribution in [0.4, 0.5) is 0 Å². The van der Waals surface area contributed by atoms with Crippen molar-refractivity contribution in [2.24, 2.45) is 0 Å². The number of carbonyl (C=O) groups excluding carboxylic acids is 1. The molecule has 0 aromatic heterocycles. The van der Waals surface area contributed by atoms with Crippen LogP contribution in [-0.2, 0) is 21.5 Å². The molecule has 0 spiro atoms. The Hall–Kier alpha value is -1.35. The molecule has 16 heavy (non-hydrogen) atoms. The average Bonchev–Trinajstić information content (AvgIpc) is 2.67. The lowest BCUT2D eigenvalue weighted by molar-refractivity contribution is -0.148. The first-order valence-electron chi connectivity index (χ1n) is 5.51. The number of ether oxygens (including phenoxy) is 1. The predicted octanol–water partition coefficient (Wildman–Crippen LogP) is 1.53. The SMILES string of the molecule is CNC1(C(=O)OC)CCc2ccc(C)cc21. The summed E-state index contributed by atoms with van der Waals surface area (Å²) in [6.07, 6.45) is 1.69. The normalized spacial score (nSPS) is 22.9. The van der Waals surface area contributed by atoms with Gasteiger partial charge in [-0.05, 0) is 37.9 Å². The topological polar surface area (TPSA) is 38.3 Å². The second-order valence-electron chi connectivity index (χ2n) is 4.31. The molecular weight excluding hydrogens is 202 g/mol. The van der Waals surface area contributed by atoms with Crippen LogP contribution >= 0.6 is 0 Å². The lowest BCUT2D eigenvalue weighted by Crippen LogP contribution is -2.46. The van der Waals surface area contributed by atoms with E-state index < -0.39 is 5.54 Å². The fraction of sp³-hybridized carbons (Fsp3) is 0.462. The zero-order valence-corrected chi connectivity index (χ0v) is 9.96. The average molecular weight is 219 g/mol. The van der Waals surface area contributed by atoms with E-state index in [4.69, 9.17) is 4.74 Å². The summed E-state index contributed by atoms with van der Waals surface area (Å²) >= 11 is 0. The Morgan fingerprint density at radius 2 is 2.25 bits per heavy atom. The van der Waals surface area contributed by atoms with E-state index in [0.29, 0.717) is 0 Å². The molecule has 86 valence electrons. The number of rotatable bonds is 2. The van der Waals surface area contributed by atoms with Gasteiger partial charge in [0.1, 0.15) is 5.54 Å². The molecule has 1 aliphatic rings. The third-order valence-corrected chi connectivity index (χ3v) is 3.46. The van der Waals surface area contributed by atoms with Gasteiger partial charge in [-0.1, -0.05) is 23.8 Å². The monoisotopic (exact) mass is 219 g/mol. The zero-order chi connectivity index (χ0) is 11.8. The number of carbonyl (C=O) groups is 1. The van der Waals surface area contributed by atoms with Gasteiger partial charge in [0, 0.05) is 0 Å². The highest BCUT2D eigenvalue weighted by Crippen LogP contribution is 2.38. The van der Waals surface area contributed by atoms with E-state index in [1.54, 1.807) is 0 Å². The molecule has 0 amide bonds. The van der Waals surface area contributed by atoms with E-state index in [1.807, 2.05) is 14.0 Å². The van der Waals surface area contributed by atoms with E-state index in [-0.39, 0.29) is 5.97 Å². The molecule has 0 saturated carbocycles. The van der Waals surface area contributed by atoms with Crippen molar-refractivity contribution in [1.29, 1.82) is 0 Å². The predicted molar refractivity (Wildman–Crippen MR) is 62.3 cm³/mol. The molecule has 0 fully saturated rings. The van der Waals surface area contributed by atoms with E-state index in [0.717, 1.165) is 18.4 Å². The zero-order valence-electron chi connectivity index (χ0n) is 9.96. The minimum atomic E-state index is -0.643. The van der Waals surface area contributed by atoms with Gasteiger partial charge >= 0.3 is 5.97 Å². The second-order valence-corrected chi connectivity index (χ2v) is 4.31. The summed E-state index contributed by atoms with van der Waals surface area (Å²) in [4.78, 5) is 12.0. The third-order valence-electron chi connectivity index (χ3n) is 3.46. The standard InChI is InChI=1S/C13H17NO2/c1-9-4-5-10-6-7-13(14-2,11(10)8-9)12(15)16-3/h4-5,8,14H,6-7H2,1-3H3. The molecule has 2 rings (SSSR count). The van der Waals surface area contributed by atoms with Gasteiger partial charge in [-0.15, -0.1) is 0 Å². The molecular formula is C13H17NO2. The smallest absolute Gasteiger partial charge is 0.330 e. The van der Waals surface area contributed by atoms with Crippen LogP contribution in [-0.4, -0.2) is 20.1 Å². The molecule has 1 aliphatic carbocycles. The summed E-state index contributed by atoms with van der Waals surface area (Å²) in [5.74, 6) is -0.195. The Balaban J connectivity index is 2.54. The van der Waals surface area contributed by atoms with Gasteiger partial charge in [0.05, 0.1) is 7.11 Å². The number of aryl methyl sites for hydroxylation is 2. The molecule has 0 radical (unpaired) electrons. The lowest BCUT2D eigenvalue weighted by atomic mass is 9.91. The van der Waals surface area contributed by atoms with E-state index >= 15 is 0 Å². The van der Waals surface area contributed by atoms with E-state index in [9.17, 15) is 4.79 Å². The van der Waals surface area contributed by atoms with Crippen molar-refractivity contribution in [3.05, 3.63) is 34.9 Å². The highest BCUT2D eigenvalue weighted by atomic mass is 16.5. The highest BCUT2D eigenvalue weighted by Gasteiger charge is 2.45. The van der Waals surface area contributed by atoms with Gasteiger partial charge in [0.15, 0.2) is 0 Å². The van der Waals surface area contributed by atoms with Gasteiger partial charge in [-0.3, -0.25) is 0 Å². The Labute approximate surface area is 95.8 Å². The quantitative estimate of drug-likeness (QED) is 0.767. The maximum absolute atomic E-state index is 12.0.